The first-order valence-electron chi connectivity index (χ1n) is 21.4. The molecule has 0 bridgehead atoms. The van der Waals surface area contributed by atoms with Crippen LogP contribution in [0, 0.1) is 63.2 Å². The van der Waals surface area contributed by atoms with E-state index in [2.05, 4.69) is 39.6 Å². The number of carbonyl (C=O) groups is 4. The first-order chi connectivity index (χ1) is 27.0. The number of ether oxygens (including phenoxy) is 2. The molecule has 0 amide bonds. The SMILES string of the molecule is COC(=O)[C@H]1C(=O)c2c([n-]c(C)c2C)/C1=C1\[N-]/C(=C\c2[n-]c(C)c(C(C)=O)c2C)[C@@H](C)[C@@H]1CCC(=O)OC/C=C(\C)CCC[C@H](C)CCC[C@H](C)CCCC(C)C.[Mg+2]. The number of aryl methyl sites for hydroxylation is 2. The van der Waals surface area contributed by atoms with E-state index in [1.807, 2.05) is 46.8 Å². The van der Waals surface area contributed by atoms with Gasteiger partial charge in [0.1, 0.15) is 12.5 Å². The van der Waals surface area contributed by atoms with E-state index in [-0.39, 0.29) is 65.5 Å². The van der Waals surface area contributed by atoms with Gasteiger partial charge in [-0.1, -0.05) is 122 Å². The number of Topliss-reactive ketones (excluding diaryl/α,β-unsaturated/α-hetero) is 2. The summed E-state index contributed by atoms with van der Waals surface area (Å²) in [6.07, 6.45) is 15.7. The molecule has 1 fully saturated rings. The van der Waals surface area contributed by atoms with Crippen LogP contribution in [0.1, 0.15) is 174 Å². The molecule has 2 aromatic rings. The fraction of sp³-hybridized carbons (Fsp3) is 0.625. The Morgan fingerprint density at radius 2 is 1.45 bits per heavy atom. The van der Waals surface area contributed by atoms with Gasteiger partial charge in [0.2, 0.25) is 0 Å². The van der Waals surface area contributed by atoms with E-state index in [1.54, 1.807) is 0 Å². The number of carbonyl (C=O) groups excluding carboxylic acids is 4. The average molecular weight is 807 g/mol. The number of allylic oxidation sites excluding steroid dienone is 3. The topological polar surface area (TPSA) is 129 Å². The first-order valence-corrected chi connectivity index (χ1v) is 21.4. The summed E-state index contributed by atoms with van der Waals surface area (Å²) < 4.78 is 10.8. The second-order valence-electron chi connectivity index (χ2n) is 17.5. The van der Waals surface area contributed by atoms with Crippen LogP contribution in [0.3, 0.4) is 0 Å². The van der Waals surface area contributed by atoms with Gasteiger partial charge in [-0.2, -0.15) is 22.8 Å². The zero-order valence-electron chi connectivity index (χ0n) is 37.6. The Labute approximate surface area is 364 Å². The van der Waals surface area contributed by atoms with Crippen molar-refractivity contribution < 1.29 is 28.7 Å². The van der Waals surface area contributed by atoms with Crippen LogP contribution in [0.25, 0.3) is 17.0 Å². The molecule has 314 valence electrons. The van der Waals surface area contributed by atoms with Gasteiger partial charge in [-0.3, -0.25) is 19.2 Å². The predicted octanol–water partition coefficient (Wildman–Crippen LogP) is 10.7. The number of esters is 2. The molecule has 1 aliphatic carbocycles. The molecule has 0 aromatic carbocycles. The normalized spacial score (nSPS) is 20.9. The fourth-order valence-electron chi connectivity index (χ4n) is 8.71. The Bertz CT molecular complexity index is 1880. The minimum atomic E-state index is -1.19. The van der Waals surface area contributed by atoms with E-state index < -0.39 is 11.9 Å². The van der Waals surface area contributed by atoms with Crippen LogP contribution in [0.4, 0.5) is 0 Å². The van der Waals surface area contributed by atoms with Gasteiger partial charge in [0.05, 0.1) is 7.11 Å². The van der Waals surface area contributed by atoms with E-state index in [9.17, 15) is 19.2 Å². The smallest absolute Gasteiger partial charge is 0.664 e. The molecule has 1 saturated heterocycles. The predicted molar refractivity (Wildman–Crippen MR) is 234 cm³/mol. The summed E-state index contributed by atoms with van der Waals surface area (Å²) in [6.45, 7) is 22.6. The molecule has 2 aromatic heterocycles. The maximum absolute atomic E-state index is 13.8. The number of aromatic nitrogens is 2. The van der Waals surface area contributed by atoms with Gasteiger partial charge < -0.3 is 24.8 Å². The molecular formula is C48H68MgN3O6-. The van der Waals surface area contributed by atoms with Crippen molar-refractivity contribution >= 4 is 58.2 Å². The van der Waals surface area contributed by atoms with Crippen molar-refractivity contribution in [3.05, 3.63) is 73.4 Å². The van der Waals surface area contributed by atoms with Crippen LogP contribution < -0.4 is 9.97 Å². The Balaban J connectivity index is 0.00000900. The zero-order chi connectivity index (χ0) is 42.1. The number of nitrogens with zero attached hydrogens (tertiary/aromatic N) is 3. The third-order valence-electron chi connectivity index (χ3n) is 12.4. The van der Waals surface area contributed by atoms with Crippen molar-refractivity contribution in [2.45, 2.75) is 147 Å². The van der Waals surface area contributed by atoms with E-state index in [0.717, 1.165) is 35.8 Å². The van der Waals surface area contributed by atoms with Gasteiger partial charge >= 0.3 is 35.0 Å². The van der Waals surface area contributed by atoms with Gasteiger partial charge in [0.25, 0.3) is 0 Å². The van der Waals surface area contributed by atoms with Crippen molar-refractivity contribution in [2.24, 2.45) is 35.5 Å². The van der Waals surface area contributed by atoms with Crippen molar-refractivity contribution in [1.82, 2.24) is 9.97 Å². The molecule has 1 aliphatic heterocycles. The number of ketones is 2. The summed E-state index contributed by atoms with van der Waals surface area (Å²) >= 11 is 0. The quantitative estimate of drug-likeness (QED) is 0.0425. The van der Waals surface area contributed by atoms with Crippen molar-refractivity contribution in [1.29, 1.82) is 0 Å². The summed E-state index contributed by atoms with van der Waals surface area (Å²) in [6, 6.07) is 0. The number of hydrogen-bond acceptors (Lipinski definition) is 6. The van der Waals surface area contributed by atoms with Gasteiger partial charge in [-0.05, 0) is 88.2 Å². The van der Waals surface area contributed by atoms with Crippen LogP contribution in [0.15, 0.2) is 23.0 Å². The number of hydrogen-bond donors (Lipinski definition) is 0. The number of fused-ring (bicyclic) bond motifs is 1. The van der Waals surface area contributed by atoms with Crippen LogP contribution in [0.2, 0.25) is 0 Å². The van der Waals surface area contributed by atoms with Gasteiger partial charge in [-0.25, -0.2) is 0 Å². The standard InChI is InChI=1S/C48H70N3O6.Mg/c1-27(2)16-13-17-28(3)18-14-19-29(4)20-15-21-30(5)24-25-57-40(53)23-22-37-32(7)38(26-39-33(8)41(36(11)52)35(10)49-39)51-45(37)43-44(48(55)56-12)47(54)42-31(6)34(9)50-46(42)43;/h24,26-29,32,37,44H,13-23,25H2,1-12H3,(H2-,49,50,51,52,54);/q-1;+2/p-2/b30-24+,38-26-;/t28-,29-,32+,37+,44-;/m1./s1. The summed E-state index contributed by atoms with van der Waals surface area (Å²) in [4.78, 5) is 62.0. The molecule has 3 heterocycles. The van der Waals surface area contributed by atoms with E-state index in [1.165, 1.54) is 64.6 Å². The molecule has 58 heavy (non-hydrogen) atoms. The third kappa shape index (κ3) is 12.1. The van der Waals surface area contributed by atoms with Crippen molar-refractivity contribution in [3.63, 3.8) is 0 Å². The third-order valence-corrected chi connectivity index (χ3v) is 12.4. The second kappa shape index (κ2) is 22.3. The summed E-state index contributed by atoms with van der Waals surface area (Å²) in [5, 5.41) is 5.09. The van der Waals surface area contributed by atoms with Gasteiger partial charge in [-0.15, -0.1) is 11.4 Å². The summed E-state index contributed by atoms with van der Waals surface area (Å²) in [5.41, 5.74) is 7.91. The number of rotatable bonds is 20. The van der Waals surface area contributed by atoms with E-state index in [0.29, 0.717) is 63.2 Å². The van der Waals surface area contributed by atoms with Crippen LogP contribution in [-0.2, 0) is 19.1 Å². The first kappa shape index (κ1) is 49.0. The molecule has 0 radical (unpaired) electrons. The maximum Gasteiger partial charge on any atom is 2.00 e. The minimum Gasteiger partial charge on any atom is -0.664 e. The fourth-order valence-corrected chi connectivity index (χ4v) is 8.71. The molecule has 0 spiro atoms. The molecular weight excluding hydrogens is 739 g/mol. The minimum absolute atomic E-state index is 0. The zero-order valence-corrected chi connectivity index (χ0v) is 39.0. The van der Waals surface area contributed by atoms with Gasteiger partial charge in [0.15, 0.2) is 11.6 Å². The van der Waals surface area contributed by atoms with Crippen LogP contribution in [0.5, 0.6) is 0 Å². The molecule has 10 heteroatoms. The Morgan fingerprint density at radius 3 is 2.03 bits per heavy atom. The largest absolute Gasteiger partial charge is 2.00 e. The summed E-state index contributed by atoms with van der Waals surface area (Å²) in [7, 11) is 1.27. The Morgan fingerprint density at radius 1 is 0.828 bits per heavy atom. The Kier molecular flexibility index (Phi) is 18.8. The molecule has 5 atom stereocenters. The molecule has 0 saturated carbocycles. The molecule has 4 rings (SSSR count). The van der Waals surface area contributed by atoms with Gasteiger partial charge in [0, 0.05) is 12.0 Å². The average Bonchev–Trinajstić information content (AvgIpc) is 3.80. The molecule has 0 unspecified atom stereocenters. The van der Waals surface area contributed by atoms with Crippen LogP contribution in [-0.4, -0.2) is 60.3 Å². The molecule has 0 N–H and O–H groups in total. The Hall–Kier alpha value is -3.37. The van der Waals surface area contributed by atoms with Crippen molar-refractivity contribution in [3.8, 4) is 0 Å². The molecule has 9 nitrogen and oxygen atoms in total. The van der Waals surface area contributed by atoms with Crippen LogP contribution >= 0.6 is 0 Å². The maximum atomic E-state index is 13.8. The summed E-state index contributed by atoms with van der Waals surface area (Å²) in [5.74, 6) is -0.773. The number of methoxy groups -OCH3 is 1. The second-order valence-corrected chi connectivity index (χ2v) is 17.5. The van der Waals surface area contributed by atoms with E-state index in [4.69, 9.17) is 19.8 Å². The molecule has 2 aliphatic rings. The van der Waals surface area contributed by atoms with E-state index >= 15 is 0 Å². The monoisotopic (exact) mass is 806 g/mol. The van der Waals surface area contributed by atoms with Crippen molar-refractivity contribution in [2.75, 3.05) is 13.7 Å².